The zero-order chi connectivity index (χ0) is 17.2. The Labute approximate surface area is 136 Å². The maximum Gasteiger partial charge on any atom is 0.406 e. The Morgan fingerprint density at radius 3 is 2.92 bits per heavy atom. The molecule has 0 aliphatic carbocycles. The summed E-state index contributed by atoms with van der Waals surface area (Å²) in [6.07, 6.45) is 0.705. The zero-order valence-corrected chi connectivity index (χ0v) is 12.7. The number of hydrogen-bond donors (Lipinski definition) is 2. The Morgan fingerprint density at radius 2 is 2.21 bits per heavy atom. The van der Waals surface area contributed by atoms with Crippen molar-refractivity contribution < 1.29 is 18.0 Å². The van der Waals surface area contributed by atoms with Gasteiger partial charge in [0.05, 0.1) is 11.9 Å². The highest BCUT2D eigenvalue weighted by Crippen LogP contribution is 2.22. The Balaban J connectivity index is 1.60. The monoisotopic (exact) mass is 339 g/mol. The van der Waals surface area contributed by atoms with E-state index in [-0.39, 0.29) is 19.0 Å². The number of aromatic nitrogens is 3. The van der Waals surface area contributed by atoms with Crippen molar-refractivity contribution in [1.29, 1.82) is 0 Å². The lowest BCUT2D eigenvalue weighted by Crippen LogP contribution is -2.37. The van der Waals surface area contributed by atoms with Crippen molar-refractivity contribution in [2.24, 2.45) is 0 Å². The molecule has 0 spiro atoms. The van der Waals surface area contributed by atoms with Gasteiger partial charge in [0.15, 0.2) is 0 Å². The number of rotatable bonds is 5. The lowest BCUT2D eigenvalue weighted by molar-refractivity contribution is -0.157. The fourth-order valence-corrected chi connectivity index (χ4v) is 2.74. The van der Waals surface area contributed by atoms with E-state index in [0.29, 0.717) is 6.54 Å². The SMILES string of the molecule is O=C1C[C@@H](NCc2cn[nH]c2-c2cccnc2)CN1CC(F)(F)F. The first-order valence-corrected chi connectivity index (χ1v) is 7.43. The van der Waals surface area contributed by atoms with Gasteiger partial charge in [0, 0.05) is 49.1 Å². The molecule has 0 saturated carbocycles. The minimum Gasteiger partial charge on any atom is -0.332 e. The van der Waals surface area contributed by atoms with Crippen LogP contribution in [0.5, 0.6) is 0 Å². The van der Waals surface area contributed by atoms with Gasteiger partial charge in [0.25, 0.3) is 0 Å². The summed E-state index contributed by atoms with van der Waals surface area (Å²) in [6, 6.07) is 3.38. The highest BCUT2D eigenvalue weighted by molar-refractivity contribution is 5.79. The molecule has 2 N–H and O–H groups in total. The molecular weight excluding hydrogens is 323 g/mol. The first-order chi connectivity index (χ1) is 11.4. The average Bonchev–Trinajstić information content (AvgIpc) is 3.12. The smallest absolute Gasteiger partial charge is 0.332 e. The van der Waals surface area contributed by atoms with Crippen LogP contribution in [0, 0.1) is 0 Å². The summed E-state index contributed by atoms with van der Waals surface area (Å²) >= 11 is 0. The summed E-state index contributed by atoms with van der Waals surface area (Å²) in [6.45, 7) is -0.742. The molecule has 24 heavy (non-hydrogen) atoms. The Kier molecular flexibility index (Phi) is 4.52. The Hall–Kier alpha value is -2.42. The fourth-order valence-electron chi connectivity index (χ4n) is 2.74. The molecule has 2 aromatic rings. The molecule has 2 aromatic heterocycles. The van der Waals surface area contributed by atoms with Crippen molar-refractivity contribution in [3.63, 3.8) is 0 Å². The molecule has 6 nitrogen and oxygen atoms in total. The third-order valence-corrected chi connectivity index (χ3v) is 3.83. The molecule has 3 rings (SSSR count). The minimum absolute atomic E-state index is 0.0540. The third-order valence-electron chi connectivity index (χ3n) is 3.83. The molecule has 0 unspecified atom stereocenters. The van der Waals surface area contributed by atoms with Crippen molar-refractivity contribution >= 4 is 5.91 Å². The van der Waals surface area contributed by atoms with E-state index in [1.165, 1.54) is 0 Å². The molecule has 3 heterocycles. The molecule has 1 saturated heterocycles. The van der Waals surface area contributed by atoms with Gasteiger partial charge in [-0.15, -0.1) is 0 Å². The molecule has 1 aliphatic heterocycles. The molecule has 1 amide bonds. The van der Waals surface area contributed by atoms with E-state index in [2.05, 4.69) is 20.5 Å². The van der Waals surface area contributed by atoms with Crippen LogP contribution >= 0.6 is 0 Å². The lowest BCUT2D eigenvalue weighted by atomic mass is 10.1. The summed E-state index contributed by atoms with van der Waals surface area (Å²) in [5.74, 6) is -0.482. The minimum atomic E-state index is -4.37. The van der Waals surface area contributed by atoms with Crippen LogP contribution in [0.2, 0.25) is 0 Å². The topological polar surface area (TPSA) is 73.9 Å². The molecular formula is C15H16F3N5O. The van der Waals surface area contributed by atoms with Gasteiger partial charge in [-0.2, -0.15) is 18.3 Å². The molecule has 0 radical (unpaired) electrons. The largest absolute Gasteiger partial charge is 0.406 e. The molecule has 1 fully saturated rings. The van der Waals surface area contributed by atoms with Gasteiger partial charge in [-0.3, -0.25) is 14.9 Å². The predicted molar refractivity (Wildman–Crippen MR) is 79.7 cm³/mol. The summed E-state index contributed by atoms with van der Waals surface area (Å²) in [4.78, 5) is 16.6. The average molecular weight is 339 g/mol. The number of carbonyl (C=O) groups excluding carboxylic acids is 1. The number of likely N-dealkylation sites (tertiary alicyclic amines) is 1. The number of amides is 1. The van der Waals surface area contributed by atoms with E-state index in [0.717, 1.165) is 21.7 Å². The van der Waals surface area contributed by atoms with Crippen LogP contribution in [0.25, 0.3) is 11.3 Å². The molecule has 1 aliphatic rings. The second kappa shape index (κ2) is 6.60. The van der Waals surface area contributed by atoms with Crippen LogP contribution in [-0.2, 0) is 11.3 Å². The Morgan fingerprint density at radius 1 is 1.38 bits per heavy atom. The first-order valence-electron chi connectivity index (χ1n) is 7.43. The van der Waals surface area contributed by atoms with Gasteiger partial charge in [0.2, 0.25) is 5.91 Å². The van der Waals surface area contributed by atoms with Gasteiger partial charge < -0.3 is 10.2 Å². The number of aromatic amines is 1. The summed E-state index contributed by atoms with van der Waals surface area (Å²) in [5, 5.41) is 10.0. The maximum absolute atomic E-state index is 12.4. The van der Waals surface area contributed by atoms with Crippen LogP contribution in [-0.4, -0.2) is 51.3 Å². The fraction of sp³-hybridized carbons (Fsp3) is 0.400. The third kappa shape index (κ3) is 3.91. The van der Waals surface area contributed by atoms with Gasteiger partial charge in [0.1, 0.15) is 6.54 Å². The normalized spacial score (nSPS) is 18.4. The van der Waals surface area contributed by atoms with Gasteiger partial charge in [-0.1, -0.05) is 0 Å². The zero-order valence-electron chi connectivity index (χ0n) is 12.7. The van der Waals surface area contributed by atoms with Crippen LogP contribution in [0.4, 0.5) is 13.2 Å². The number of hydrogen-bond acceptors (Lipinski definition) is 4. The summed E-state index contributed by atoms with van der Waals surface area (Å²) < 4.78 is 37.3. The number of H-pyrrole nitrogens is 1. The number of carbonyl (C=O) groups is 1. The van der Waals surface area contributed by atoms with Crippen molar-refractivity contribution in [2.45, 2.75) is 25.2 Å². The molecule has 9 heteroatoms. The van der Waals surface area contributed by atoms with E-state index in [1.54, 1.807) is 24.7 Å². The second-order valence-electron chi connectivity index (χ2n) is 5.68. The molecule has 1 atom stereocenters. The van der Waals surface area contributed by atoms with Gasteiger partial charge in [-0.05, 0) is 12.1 Å². The van der Waals surface area contributed by atoms with E-state index in [1.807, 2.05) is 6.07 Å². The van der Waals surface area contributed by atoms with Crippen LogP contribution in [0.15, 0.2) is 30.7 Å². The van der Waals surface area contributed by atoms with Gasteiger partial charge >= 0.3 is 6.18 Å². The number of nitrogens with zero attached hydrogens (tertiary/aromatic N) is 3. The standard InChI is InChI=1S/C15H16F3N5O/c16-15(17,18)9-23-8-12(4-13(23)24)20-6-11-7-21-22-14(11)10-2-1-3-19-5-10/h1-3,5,7,12,20H,4,6,8-9H2,(H,21,22)/t12-/m1/s1. The van der Waals surface area contributed by atoms with E-state index < -0.39 is 18.6 Å². The maximum atomic E-state index is 12.4. The highest BCUT2D eigenvalue weighted by atomic mass is 19.4. The second-order valence-corrected chi connectivity index (χ2v) is 5.68. The summed E-state index contributed by atoms with van der Waals surface area (Å²) in [5.41, 5.74) is 2.53. The number of nitrogens with one attached hydrogen (secondary N) is 2. The number of pyridine rings is 1. The van der Waals surface area contributed by atoms with E-state index in [4.69, 9.17) is 0 Å². The highest BCUT2D eigenvalue weighted by Gasteiger charge is 2.38. The van der Waals surface area contributed by atoms with Crippen molar-refractivity contribution in [2.75, 3.05) is 13.1 Å². The van der Waals surface area contributed by atoms with Crippen molar-refractivity contribution in [3.05, 3.63) is 36.3 Å². The predicted octanol–water partition coefficient (Wildman–Crippen LogP) is 1.72. The first kappa shape index (κ1) is 16.4. The van der Waals surface area contributed by atoms with Crippen molar-refractivity contribution in [1.82, 2.24) is 25.4 Å². The lowest BCUT2D eigenvalue weighted by Gasteiger charge is -2.18. The van der Waals surface area contributed by atoms with Crippen LogP contribution in [0.1, 0.15) is 12.0 Å². The van der Waals surface area contributed by atoms with Gasteiger partial charge in [-0.25, -0.2) is 0 Å². The molecule has 0 bridgehead atoms. The number of alkyl halides is 3. The van der Waals surface area contributed by atoms with Crippen molar-refractivity contribution in [3.8, 4) is 11.3 Å². The Bertz CT molecular complexity index is 701. The number of halogens is 3. The molecule has 128 valence electrons. The van der Waals surface area contributed by atoms with Crippen LogP contribution < -0.4 is 5.32 Å². The van der Waals surface area contributed by atoms with E-state index >= 15 is 0 Å². The molecule has 0 aromatic carbocycles. The van der Waals surface area contributed by atoms with Crippen LogP contribution in [0.3, 0.4) is 0 Å². The quantitative estimate of drug-likeness (QED) is 0.870. The summed E-state index contributed by atoms with van der Waals surface area (Å²) in [7, 11) is 0. The van der Waals surface area contributed by atoms with E-state index in [9.17, 15) is 18.0 Å².